The second kappa shape index (κ2) is 9.05. The van der Waals surface area contributed by atoms with E-state index in [1.807, 2.05) is 23.5 Å². The van der Waals surface area contributed by atoms with Gasteiger partial charge in [0.15, 0.2) is 0 Å². The molecule has 6 aromatic rings. The number of fused-ring (bicyclic) bond motifs is 8. The Balaban J connectivity index is 1.52. The molecule has 0 radical (unpaired) electrons. The van der Waals surface area contributed by atoms with Crippen molar-refractivity contribution in [2.45, 2.75) is 25.0 Å². The summed E-state index contributed by atoms with van der Waals surface area (Å²) in [5.41, 5.74) is 10.1. The van der Waals surface area contributed by atoms with Crippen molar-refractivity contribution in [3.8, 4) is 22.3 Å². The van der Waals surface area contributed by atoms with Crippen LogP contribution in [0.15, 0.2) is 165 Å². The van der Waals surface area contributed by atoms with Crippen molar-refractivity contribution < 1.29 is 0 Å². The Morgan fingerprint density at radius 1 is 0.359 bits per heavy atom. The fourth-order valence-electron chi connectivity index (χ4n) is 6.34. The number of rotatable bonds is 2. The van der Waals surface area contributed by atoms with Crippen molar-refractivity contribution >= 4 is 23.5 Å². The van der Waals surface area contributed by atoms with Crippen LogP contribution >= 0.6 is 23.5 Å². The van der Waals surface area contributed by atoms with Gasteiger partial charge in [0.05, 0.1) is 5.41 Å². The van der Waals surface area contributed by atoms with Gasteiger partial charge >= 0.3 is 0 Å². The van der Waals surface area contributed by atoms with Crippen molar-refractivity contribution in [1.29, 1.82) is 0 Å². The van der Waals surface area contributed by atoms with Gasteiger partial charge in [0.1, 0.15) is 0 Å². The quantitative estimate of drug-likeness (QED) is 0.217. The summed E-state index contributed by atoms with van der Waals surface area (Å²) < 4.78 is 0. The Hall–Kier alpha value is -3.98. The van der Waals surface area contributed by atoms with Crippen LogP contribution in [-0.4, -0.2) is 0 Å². The predicted molar refractivity (Wildman–Crippen MR) is 164 cm³/mol. The largest absolute Gasteiger partial charge is 0.0894 e. The smallest absolute Gasteiger partial charge is 0.0745 e. The summed E-state index contributed by atoms with van der Waals surface area (Å²) >= 11 is 3.81. The normalized spacial score (nSPS) is 14.2. The lowest BCUT2D eigenvalue weighted by atomic mass is 9.64. The molecule has 0 aromatic heterocycles. The molecular weight excluding hydrogens is 509 g/mol. The fourth-order valence-corrected chi connectivity index (χ4v) is 8.84. The summed E-state index contributed by atoms with van der Waals surface area (Å²) in [6.07, 6.45) is 0. The molecule has 0 bridgehead atoms. The summed E-state index contributed by atoms with van der Waals surface area (Å²) in [6.45, 7) is 0. The van der Waals surface area contributed by atoms with Gasteiger partial charge in [-0.05, 0) is 68.8 Å². The average molecular weight is 533 g/mol. The van der Waals surface area contributed by atoms with Gasteiger partial charge in [-0.1, -0.05) is 145 Å². The van der Waals surface area contributed by atoms with Gasteiger partial charge in [-0.25, -0.2) is 0 Å². The van der Waals surface area contributed by atoms with E-state index < -0.39 is 5.41 Å². The third kappa shape index (κ3) is 3.42. The van der Waals surface area contributed by atoms with Gasteiger partial charge in [-0.3, -0.25) is 0 Å². The zero-order valence-electron chi connectivity index (χ0n) is 21.2. The Kier molecular flexibility index (Phi) is 5.33. The first kappa shape index (κ1) is 23.0. The minimum Gasteiger partial charge on any atom is -0.0894 e. The van der Waals surface area contributed by atoms with E-state index in [1.165, 1.54) is 64.1 Å². The molecule has 2 heteroatoms. The van der Waals surface area contributed by atoms with Crippen molar-refractivity contribution in [2.24, 2.45) is 0 Å². The van der Waals surface area contributed by atoms with Crippen molar-refractivity contribution in [1.82, 2.24) is 0 Å². The molecule has 0 N–H and O–H groups in total. The van der Waals surface area contributed by atoms with Gasteiger partial charge in [-0.2, -0.15) is 0 Å². The molecule has 39 heavy (non-hydrogen) atoms. The Morgan fingerprint density at radius 3 is 1.62 bits per heavy atom. The third-order valence-corrected chi connectivity index (χ3v) is 10.4. The van der Waals surface area contributed by atoms with Crippen molar-refractivity contribution in [3.63, 3.8) is 0 Å². The fraction of sp³-hybridized carbons (Fsp3) is 0.0270. The van der Waals surface area contributed by atoms with E-state index in [0.29, 0.717) is 0 Å². The van der Waals surface area contributed by atoms with Crippen molar-refractivity contribution in [3.05, 3.63) is 168 Å². The minimum absolute atomic E-state index is 0.413. The van der Waals surface area contributed by atoms with Gasteiger partial charge in [0, 0.05) is 19.6 Å². The highest BCUT2D eigenvalue weighted by Crippen LogP contribution is 2.62. The zero-order valence-corrected chi connectivity index (χ0v) is 22.8. The summed E-state index contributed by atoms with van der Waals surface area (Å²) in [4.78, 5) is 5.33. The molecule has 0 nitrogen and oxygen atoms in total. The first-order valence-corrected chi connectivity index (χ1v) is 14.9. The van der Waals surface area contributed by atoms with Crippen LogP contribution in [0.3, 0.4) is 0 Å². The van der Waals surface area contributed by atoms with Crippen LogP contribution in [0.25, 0.3) is 22.3 Å². The lowest BCUT2D eigenvalue weighted by molar-refractivity contribution is 0.668. The van der Waals surface area contributed by atoms with E-state index in [1.54, 1.807) is 0 Å². The predicted octanol–water partition coefficient (Wildman–Crippen LogP) is 10.3. The van der Waals surface area contributed by atoms with Crippen LogP contribution in [-0.2, 0) is 5.41 Å². The maximum atomic E-state index is 2.46. The van der Waals surface area contributed by atoms with E-state index in [2.05, 4.69) is 146 Å². The molecule has 0 amide bonds. The van der Waals surface area contributed by atoms with Gasteiger partial charge in [-0.15, -0.1) is 0 Å². The second-order valence-electron chi connectivity index (χ2n) is 10.1. The SMILES string of the molecule is c1ccc(-c2ccc3c(c2)C2(c4ccccc4Sc4ccccc42)c2cccc(-c4ccccc4)c2S3)cc1. The number of hydrogen-bond donors (Lipinski definition) is 0. The Morgan fingerprint density at radius 2 is 0.923 bits per heavy atom. The lowest BCUT2D eigenvalue weighted by Gasteiger charge is -2.46. The van der Waals surface area contributed by atoms with Crippen LogP contribution in [0.4, 0.5) is 0 Å². The first-order valence-electron chi connectivity index (χ1n) is 13.3. The van der Waals surface area contributed by atoms with E-state index >= 15 is 0 Å². The highest BCUT2D eigenvalue weighted by Gasteiger charge is 2.49. The molecule has 1 spiro atoms. The summed E-state index contributed by atoms with van der Waals surface area (Å²) in [5.74, 6) is 0. The maximum Gasteiger partial charge on any atom is 0.0745 e. The molecule has 0 saturated heterocycles. The topological polar surface area (TPSA) is 0 Å². The third-order valence-electron chi connectivity index (χ3n) is 8.01. The molecule has 0 unspecified atom stereocenters. The van der Waals surface area contributed by atoms with Crippen LogP contribution in [0.1, 0.15) is 22.3 Å². The molecule has 2 aliphatic rings. The Labute approximate surface area is 237 Å². The van der Waals surface area contributed by atoms with E-state index in [4.69, 9.17) is 0 Å². The zero-order chi connectivity index (χ0) is 25.8. The number of hydrogen-bond acceptors (Lipinski definition) is 2. The maximum absolute atomic E-state index is 2.46. The van der Waals surface area contributed by atoms with E-state index in [9.17, 15) is 0 Å². The second-order valence-corrected chi connectivity index (χ2v) is 12.2. The molecule has 6 aromatic carbocycles. The summed E-state index contributed by atoms with van der Waals surface area (Å²) in [6, 6.07) is 53.7. The molecule has 0 saturated carbocycles. The molecule has 0 aliphatic carbocycles. The molecule has 2 aliphatic heterocycles. The minimum atomic E-state index is -0.413. The Bertz CT molecular complexity index is 1810. The van der Waals surface area contributed by atoms with Crippen LogP contribution in [0, 0.1) is 0 Å². The summed E-state index contributed by atoms with van der Waals surface area (Å²) in [7, 11) is 0. The van der Waals surface area contributed by atoms with Crippen LogP contribution in [0.5, 0.6) is 0 Å². The van der Waals surface area contributed by atoms with E-state index in [0.717, 1.165) is 0 Å². The van der Waals surface area contributed by atoms with Crippen molar-refractivity contribution in [2.75, 3.05) is 0 Å². The molecule has 2 heterocycles. The lowest BCUT2D eigenvalue weighted by Crippen LogP contribution is -2.36. The average Bonchev–Trinajstić information content (AvgIpc) is 3.01. The number of benzene rings is 6. The molecular formula is C37H24S2. The van der Waals surface area contributed by atoms with Gasteiger partial charge < -0.3 is 0 Å². The first-order chi connectivity index (χ1) is 19.3. The van der Waals surface area contributed by atoms with Gasteiger partial charge in [0.25, 0.3) is 0 Å². The van der Waals surface area contributed by atoms with Crippen LogP contribution in [0.2, 0.25) is 0 Å². The highest BCUT2D eigenvalue weighted by molar-refractivity contribution is 8.00. The molecule has 8 rings (SSSR count). The highest BCUT2D eigenvalue weighted by atomic mass is 32.2. The monoisotopic (exact) mass is 532 g/mol. The van der Waals surface area contributed by atoms with E-state index in [-0.39, 0.29) is 0 Å². The van der Waals surface area contributed by atoms with Gasteiger partial charge in [0.2, 0.25) is 0 Å². The summed E-state index contributed by atoms with van der Waals surface area (Å²) in [5, 5.41) is 0. The molecule has 0 atom stereocenters. The van der Waals surface area contributed by atoms with Crippen LogP contribution < -0.4 is 0 Å². The standard InChI is InChI=1S/C37H24S2/c1-3-12-25(13-4-1)27-22-23-35-32(24-27)37(29-17-7-9-20-33(29)38-34-21-10-8-18-30(34)37)31-19-11-16-28(36(31)39-35)26-14-5-2-6-15-26/h1-24H. The molecule has 0 fully saturated rings. The molecule has 184 valence electrons.